The predicted molar refractivity (Wildman–Crippen MR) is 196 cm³/mol. The molecule has 0 bridgehead atoms. The standard InChI is InChI=1S/C38H62N6O4.ClH/c1-8-10-22(3)27-13-14-28-26-12-11-23-19-25(15-17-37(23,6)29(26)16-18-38(27,28)7)48-36(4,5)31(39)34(46)47-20-24(9-2)44-21-41-30-32(44)42-35(40)43-33(30)45;/h21-29,31H,8-20,39H2,1-7H3,(H3,40,42,43,45);1H/t22-,23?,24?,25?,26?,27-,28?,29?,31-,37+,38-;/m1./s1. The fourth-order valence-electron chi connectivity index (χ4n) is 11.6. The van der Waals surface area contributed by atoms with Gasteiger partial charge in [-0.25, -0.2) is 4.98 Å². The van der Waals surface area contributed by atoms with Gasteiger partial charge >= 0.3 is 5.97 Å². The Kier molecular flexibility index (Phi) is 11.2. The molecule has 11 atom stereocenters. The second kappa shape index (κ2) is 14.5. The Balaban J connectivity index is 0.00000468. The summed E-state index contributed by atoms with van der Waals surface area (Å²) >= 11 is 0. The van der Waals surface area contributed by atoms with E-state index < -0.39 is 23.2 Å². The van der Waals surface area contributed by atoms with Crippen molar-refractivity contribution in [3.8, 4) is 0 Å². The summed E-state index contributed by atoms with van der Waals surface area (Å²) in [5.74, 6) is 4.52. The molecule has 4 aliphatic rings. The number of hydrogen-bond donors (Lipinski definition) is 3. The number of carbonyl (C=O) groups is 1. The average molecular weight is 703 g/mol. The lowest BCUT2D eigenvalue weighted by molar-refractivity contribution is -0.174. The second-order valence-corrected chi connectivity index (χ2v) is 17.2. The third-order valence-electron chi connectivity index (χ3n) is 14.3. The summed E-state index contributed by atoms with van der Waals surface area (Å²) in [6.07, 6.45) is 16.5. The first-order chi connectivity index (χ1) is 22.7. The van der Waals surface area contributed by atoms with Gasteiger partial charge in [0.15, 0.2) is 11.2 Å². The number of esters is 1. The van der Waals surface area contributed by atoms with Gasteiger partial charge in [0.25, 0.3) is 5.56 Å². The lowest BCUT2D eigenvalue weighted by Gasteiger charge is -2.61. The van der Waals surface area contributed by atoms with Crippen LogP contribution in [0.25, 0.3) is 11.2 Å². The number of rotatable bonds is 11. The fourth-order valence-corrected chi connectivity index (χ4v) is 11.6. The molecule has 0 spiro atoms. The largest absolute Gasteiger partial charge is 0.462 e. The molecule has 6 rings (SSSR count). The molecule has 4 saturated carbocycles. The number of halogens is 1. The van der Waals surface area contributed by atoms with Crippen LogP contribution in [0.2, 0.25) is 0 Å². The first kappa shape index (κ1) is 38.1. The van der Waals surface area contributed by atoms with E-state index in [9.17, 15) is 9.59 Å². The summed E-state index contributed by atoms with van der Waals surface area (Å²) in [6.45, 7) is 16.0. The van der Waals surface area contributed by atoms with Gasteiger partial charge in [0.05, 0.1) is 24.1 Å². The predicted octanol–water partition coefficient (Wildman–Crippen LogP) is 7.20. The highest BCUT2D eigenvalue weighted by atomic mass is 35.5. The molecule has 10 nitrogen and oxygen atoms in total. The Bertz CT molecular complexity index is 1530. The molecule has 4 fully saturated rings. The van der Waals surface area contributed by atoms with Crippen LogP contribution in [-0.4, -0.2) is 49.8 Å². The molecule has 49 heavy (non-hydrogen) atoms. The number of nitrogen functional groups attached to an aromatic ring is 1. The van der Waals surface area contributed by atoms with Gasteiger partial charge in [-0.2, -0.15) is 4.98 Å². The Hall–Kier alpha value is -2.17. The highest BCUT2D eigenvalue weighted by Crippen LogP contribution is 2.68. The van der Waals surface area contributed by atoms with Crippen LogP contribution < -0.4 is 17.0 Å². The monoisotopic (exact) mass is 702 g/mol. The van der Waals surface area contributed by atoms with Crippen molar-refractivity contribution in [2.24, 2.45) is 52.1 Å². The molecule has 6 unspecified atom stereocenters. The maximum atomic E-state index is 13.3. The number of fused-ring (bicyclic) bond motifs is 6. The third-order valence-corrected chi connectivity index (χ3v) is 14.3. The molecule has 0 amide bonds. The molecule has 2 heterocycles. The summed E-state index contributed by atoms with van der Waals surface area (Å²) in [7, 11) is 0. The number of H-pyrrole nitrogens is 1. The molecular formula is C38H63ClN6O4. The van der Waals surface area contributed by atoms with Crippen LogP contribution in [0, 0.1) is 46.3 Å². The molecule has 0 saturated heterocycles. The van der Waals surface area contributed by atoms with Crippen molar-refractivity contribution in [3.63, 3.8) is 0 Å². The quantitative estimate of drug-likeness (QED) is 0.208. The van der Waals surface area contributed by atoms with Crippen LogP contribution in [0.5, 0.6) is 0 Å². The summed E-state index contributed by atoms with van der Waals surface area (Å²) in [6, 6.07) is -1.21. The van der Waals surface area contributed by atoms with Crippen LogP contribution in [0.4, 0.5) is 5.95 Å². The van der Waals surface area contributed by atoms with Gasteiger partial charge in [-0.15, -0.1) is 12.4 Å². The van der Waals surface area contributed by atoms with Crippen LogP contribution in [0.3, 0.4) is 0 Å². The minimum atomic E-state index is -0.934. The number of aromatic nitrogens is 4. The number of nitrogens with two attached hydrogens (primary N) is 2. The van der Waals surface area contributed by atoms with Crippen molar-refractivity contribution in [2.45, 2.75) is 149 Å². The van der Waals surface area contributed by atoms with Gasteiger partial charge < -0.3 is 25.5 Å². The number of nitrogens with zero attached hydrogens (tertiary/aromatic N) is 3. The minimum absolute atomic E-state index is 0. The maximum absolute atomic E-state index is 13.3. The van der Waals surface area contributed by atoms with Crippen molar-refractivity contribution < 1.29 is 14.3 Å². The zero-order valence-electron chi connectivity index (χ0n) is 31.0. The summed E-state index contributed by atoms with van der Waals surface area (Å²) in [5.41, 5.74) is 12.5. The normalized spacial score (nSPS) is 34.6. The van der Waals surface area contributed by atoms with Crippen molar-refractivity contribution >= 4 is 35.5 Å². The molecule has 11 heteroatoms. The summed E-state index contributed by atoms with van der Waals surface area (Å²) in [5, 5.41) is 0. The van der Waals surface area contributed by atoms with Crippen molar-refractivity contribution in [3.05, 3.63) is 16.7 Å². The molecule has 276 valence electrons. The number of anilines is 1. The Morgan fingerprint density at radius 1 is 1.10 bits per heavy atom. The van der Waals surface area contributed by atoms with E-state index >= 15 is 0 Å². The molecule has 0 radical (unpaired) electrons. The van der Waals surface area contributed by atoms with Gasteiger partial charge in [-0.1, -0.05) is 47.5 Å². The SMILES string of the molecule is CCC[C@@H](C)[C@H]1CCC2C3CCC4CC(OC(C)(C)[C@H](N)C(=O)OCC(CC)n5cnc6c(=O)[nH]c(N)nc65)CC[C@]4(C)C3CC[C@@]21C.Cl. The van der Waals surface area contributed by atoms with Crippen LogP contribution in [0.1, 0.15) is 132 Å². The fraction of sp³-hybridized carbons (Fsp3) is 0.842. The maximum Gasteiger partial charge on any atom is 0.325 e. The van der Waals surface area contributed by atoms with Crippen LogP contribution in [0.15, 0.2) is 11.1 Å². The summed E-state index contributed by atoms with van der Waals surface area (Å²) < 4.78 is 14.2. The van der Waals surface area contributed by atoms with Gasteiger partial charge in [0.1, 0.15) is 12.6 Å². The molecule has 2 aromatic heterocycles. The number of aromatic amines is 1. The van der Waals surface area contributed by atoms with Gasteiger partial charge in [0, 0.05) is 0 Å². The highest BCUT2D eigenvalue weighted by molar-refractivity contribution is 5.85. The Labute approximate surface area is 299 Å². The van der Waals surface area contributed by atoms with Gasteiger partial charge in [0.2, 0.25) is 5.95 Å². The second-order valence-electron chi connectivity index (χ2n) is 17.2. The van der Waals surface area contributed by atoms with E-state index in [2.05, 4.69) is 42.6 Å². The molecule has 5 N–H and O–H groups in total. The van der Waals surface area contributed by atoms with Crippen molar-refractivity contribution in [1.29, 1.82) is 0 Å². The van der Waals surface area contributed by atoms with Gasteiger partial charge in [-0.3, -0.25) is 14.6 Å². The van der Waals surface area contributed by atoms with Gasteiger partial charge in [-0.05, 0) is 124 Å². The van der Waals surface area contributed by atoms with E-state index in [1.165, 1.54) is 64.1 Å². The smallest absolute Gasteiger partial charge is 0.325 e. The summed E-state index contributed by atoms with van der Waals surface area (Å²) in [4.78, 5) is 36.5. The topological polar surface area (TPSA) is 151 Å². The number of carbonyl (C=O) groups excluding carboxylic acids is 1. The molecule has 2 aromatic rings. The zero-order chi connectivity index (χ0) is 34.6. The van der Waals surface area contributed by atoms with E-state index in [1.807, 2.05) is 20.8 Å². The lowest BCUT2D eigenvalue weighted by atomic mass is 9.44. The number of ether oxygens (including phenoxy) is 2. The molecule has 0 aromatic carbocycles. The Morgan fingerprint density at radius 3 is 2.53 bits per heavy atom. The van der Waals surface area contributed by atoms with E-state index in [1.54, 1.807) is 4.57 Å². The first-order valence-corrected chi connectivity index (χ1v) is 19.1. The lowest BCUT2D eigenvalue weighted by Crippen LogP contribution is -2.56. The third kappa shape index (κ3) is 6.79. The number of nitrogens with one attached hydrogen (secondary N) is 1. The van der Waals surface area contributed by atoms with E-state index in [4.69, 9.17) is 20.9 Å². The number of hydrogen-bond acceptors (Lipinski definition) is 8. The van der Waals surface area contributed by atoms with Crippen molar-refractivity contribution in [1.82, 2.24) is 19.5 Å². The Morgan fingerprint density at radius 2 is 1.82 bits per heavy atom. The first-order valence-electron chi connectivity index (χ1n) is 19.1. The average Bonchev–Trinajstić information content (AvgIpc) is 3.62. The van der Waals surface area contributed by atoms with Crippen molar-refractivity contribution in [2.75, 3.05) is 12.3 Å². The van der Waals surface area contributed by atoms with Crippen LogP contribution >= 0.6 is 12.4 Å². The zero-order valence-corrected chi connectivity index (χ0v) is 31.8. The van der Waals surface area contributed by atoms with Crippen LogP contribution in [-0.2, 0) is 14.3 Å². The number of imidazole rings is 1. The molecule has 4 aliphatic carbocycles. The molecular weight excluding hydrogens is 640 g/mol. The van der Waals surface area contributed by atoms with E-state index in [0.717, 1.165) is 42.4 Å². The molecule has 0 aliphatic heterocycles. The van der Waals surface area contributed by atoms with E-state index in [0.29, 0.717) is 28.8 Å². The van der Waals surface area contributed by atoms with E-state index in [-0.39, 0.29) is 42.6 Å². The minimum Gasteiger partial charge on any atom is -0.462 e. The highest BCUT2D eigenvalue weighted by Gasteiger charge is 2.60.